The van der Waals surface area contributed by atoms with Crippen molar-refractivity contribution in [3.05, 3.63) is 29.8 Å². The van der Waals surface area contributed by atoms with Crippen molar-refractivity contribution in [1.29, 1.82) is 5.26 Å². The molecule has 180 valence electrons. The summed E-state index contributed by atoms with van der Waals surface area (Å²) in [6.45, 7) is 7.39. The molecule has 3 rings (SSSR count). The number of anilines is 3. The van der Waals surface area contributed by atoms with E-state index >= 15 is 0 Å². The van der Waals surface area contributed by atoms with Gasteiger partial charge in [0, 0.05) is 32.7 Å². The molecule has 12 heteroatoms. The summed E-state index contributed by atoms with van der Waals surface area (Å²) in [7, 11) is 1.53. The highest BCUT2D eigenvalue weighted by Gasteiger charge is 2.27. The highest BCUT2D eigenvalue weighted by molar-refractivity contribution is 5.97. The number of aromatic nitrogens is 4. The van der Waals surface area contributed by atoms with Gasteiger partial charge in [0.15, 0.2) is 17.2 Å². The van der Waals surface area contributed by atoms with Crippen molar-refractivity contribution in [3.8, 4) is 6.07 Å². The van der Waals surface area contributed by atoms with Gasteiger partial charge in [-0.15, -0.1) is 10.2 Å². The molecule has 12 nitrogen and oxygen atoms in total. The summed E-state index contributed by atoms with van der Waals surface area (Å²) in [5.74, 6) is 0.708. The number of nitrogens with zero attached hydrogens (tertiary/aromatic N) is 6. The molecule has 0 saturated carbocycles. The molecule has 0 aromatic carbocycles. The average molecular weight is 468 g/mol. The predicted octanol–water partition coefficient (Wildman–Crippen LogP) is 2.30. The Hall–Kier alpha value is -4.01. The summed E-state index contributed by atoms with van der Waals surface area (Å²) in [6.07, 6.45) is 4.09. The molecule has 0 atom stereocenters. The summed E-state index contributed by atoms with van der Waals surface area (Å²) >= 11 is 0. The van der Waals surface area contributed by atoms with E-state index in [4.69, 9.17) is 10.00 Å². The van der Waals surface area contributed by atoms with Crippen molar-refractivity contribution in [1.82, 2.24) is 30.4 Å². The van der Waals surface area contributed by atoms with Crippen molar-refractivity contribution < 1.29 is 14.3 Å². The third kappa shape index (κ3) is 6.74. The van der Waals surface area contributed by atoms with Gasteiger partial charge in [0.25, 0.3) is 5.91 Å². The van der Waals surface area contributed by atoms with Gasteiger partial charge in [0.2, 0.25) is 0 Å². The average Bonchev–Trinajstić information content (AvgIpc) is 2.82. The molecular formula is C22H29N9O3. The highest BCUT2D eigenvalue weighted by atomic mass is 16.6. The van der Waals surface area contributed by atoms with Crippen LogP contribution in [-0.4, -0.2) is 69.3 Å². The van der Waals surface area contributed by atoms with E-state index in [9.17, 15) is 9.59 Å². The van der Waals surface area contributed by atoms with Crippen LogP contribution in [0.15, 0.2) is 18.5 Å². The van der Waals surface area contributed by atoms with Gasteiger partial charge in [0.05, 0.1) is 18.1 Å². The fraction of sp³-hybridized carbons (Fsp3) is 0.500. The van der Waals surface area contributed by atoms with E-state index in [1.165, 1.54) is 19.4 Å². The van der Waals surface area contributed by atoms with E-state index in [1.54, 1.807) is 11.0 Å². The minimum Gasteiger partial charge on any atom is -0.444 e. The Kier molecular flexibility index (Phi) is 7.78. The highest BCUT2D eigenvalue weighted by Crippen LogP contribution is 2.23. The number of rotatable bonds is 6. The maximum atomic E-state index is 12.3. The zero-order valence-corrected chi connectivity index (χ0v) is 19.8. The first-order valence-corrected chi connectivity index (χ1v) is 11.0. The molecule has 0 radical (unpaired) electrons. The monoisotopic (exact) mass is 467 g/mol. The second-order valence-corrected chi connectivity index (χ2v) is 8.89. The predicted molar refractivity (Wildman–Crippen MR) is 124 cm³/mol. The fourth-order valence-corrected chi connectivity index (χ4v) is 3.36. The first kappa shape index (κ1) is 24.6. The van der Waals surface area contributed by atoms with Gasteiger partial charge in [-0.05, 0) is 39.5 Å². The summed E-state index contributed by atoms with van der Waals surface area (Å²) in [5.41, 5.74) is 0.375. The van der Waals surface area contributed by atoms with E-state index in [0.717, 1.165) is 12.8 Å². The first-order chi connectivity index (χ1) is 16.2. The van der Waals surface area contributed by atoms with Crippen LogP contribution in [0.3, 0.4) is 0 Å². The second-order valence-electron chi connectivity index (χ2n) is 8.89. The molecule has 1 fully saturated rings. The van der Waals surface area contributed by atoms with Gasteiger partial charge < -0.3 is 25.6 Å². The topological polar surface area (TPSA) is 158 Å². The lowest BCUT2D eigenvalue weighted by molar-refractivity contribution is 0.0188. The molecule has 1 aliphatic rings. The van der Waals surface area contributed by atoms with E-state index in [2.05, 4.69) is 36.1 Å². The minimum atomic E-state index is -0.519. The molecule has 2 aromatic rings. The van der Waals surface area contributed by atoms with Crippen LogP contribution in [0, 0.1) is 17.2 Å². The van der Waals surface area contributed by atoms with Crippen molar-refractivity contribution in [2.45, 2.75) is 39.2 Å². The van der Waals surface area contributed by atoms with E-state index in [0.29, 0.717) is 42.9 Å². The largest absolute Gasteiger partial charge is 0.444 e. The number of ether oxygens (including phenoxy) is 1. The summed E-state index contributed by atoms with van der Waals surface area (Å²) in [6, 6.07) is 3.58. The van der Waals surface area contributed by atoms with Gasteiger partial charge in [-0.3, -0.25) is 4.79 Å². The van der Waals surface area contributed by atoms with Crippen molar-refractivity contribution in [2.75, 3.05) is 37.3 Å². The number of amides is 2. The number of carbonyl (C=O) groups is 2. The second kappa shape index (κ2) is 10.7. The van der Waals surface area contributed by atoms with Crippen LogP contribution in [0.1, 0.15) is 49.8 Å². The lowest BCUT2D eigenvalue weighted by Crippen LogP contribution is -2.42. The van der Waals surface area contributed by atoms with Crippen LogP contribution >= 0.6 is 0 Å². The van der Waals surface area contributed by atoms with Crippen LogP contribution in [-0.2, 0) is 4.74 Å². The summed E-state index contributed by atoms with van der Waals surface area (Å²) < 4.78 is 5.45. The van der Waals surface area contributed by atoms with Crippen molar-refractivity contribution in [2.24, 2.45) is 5.92 Å². The Labute approximate surface area is 198 Å². The molecule has 1 aliphatic heterocycles. The molecule has 2 aromatic heterocycles. The number of piperidine rings is 1. The SMILES string of the molecule is CNC(=O)c1nnc(Nc2cnc(C#N)cn2)cc1NCC1CCN(C(=O)OC(C)(C)C)CC1. The van der Waals surface area contributed by atoms with Gasteiger partial charge in [-0.25, -0.2) is 14.8 Å². The van der Waals surface area contributed by atoms with Crippen LogP contribution in [0.5, 0.6) is 0 Å². The number of carbonyl (C=O) groups excluding carboxylic acids is 2. The number of nitriles is 1. The summed E-state index contributed by atoms with van der Waals surface area (Å²) in [4.78, 5) is 34.3. The van der Waals surface area contributed by atoms with Crippen LogP contribution in [0.25, 0.3) is 0 Å². The van der Waals surface area contributed by atoms with Crippen LogP contribution in [0.4, 0.5) is 22.1 Å². The van der Waals surface area contributed by atoms with E-state index in [1.807, 2.05) is 26.8 Å². The van der Waals surface area contributed by atoms with Crippen molar-refractivity contribution in [3.63, 3.8) is 0 Å². The zero-order valence-electron chi connectivity index (χ0n) is 19.8. The van der Waals surface area contributed by atoms with Crippen LogP contribution < -0.4 is 16.0 Å². The maximum absolute atomic E-state index is 12.3. The number of hydrogen-bond donors (Lipinski definition) is 3. The third-order valence-electron chi connectivity index (χ3n) is 5.11. The molecule has 3 heterocycles. The number of nitrogens with one attached hydrogen (secondary N) is 3. The number of hydrogen-bond acceptors (Lipinski definition) is 10. The lowest BCUT2D eigenvalue weighted by Gasteiger charge is -2.33. The molecule has 0 unspecified atom stereocenters. The Morgan fingerprint density at radius 2 is 1.91 bits per heavy atom. The maximum Gasteiger partial charge on any atom is 0.410 e. The fourth-order valence-electron chi connectivity index (χ4n) is 3.36. The Bertz CT molecular complexity index is 1050. The Morgan fingerprint density at radius 1 is 1.18 bits per heavy atom. The molecule has 0 spiro atoms. The van der Waals surface area contributed by atoms with E-state index in [-0.39, 0.29) is 23.4 Å². The molecule has 3 N–H and O–H groups in total. The smallest absolute Gasteiger partial charge is 0.410 e. The van der Waals surface area contributed by atoms with Gasteiger partial charge >= 0.3 is 6.09 Å². The quantitative estimate of drug-likeness (QED) is 0.575. The Balaban J connectivity index is 1.63. The van der Waals surface area contributed by atoms with Gasteiger partial charge in [-0.1, -0.05) is 0 Å². The summed E-state index contributed by atoms with van der Waals surface area (Å²) in [5, 5.41) is 25.8. The molecule has 1 saturated heterocycles. The van der Waals surface area contributed by atoms with E-state index < -0.39 is 5.60 Å². The number of likely N-dealkylation sites (tertiary alicyclic amines) is 1. The minimum absolute atomic E-state index is 0.171. The molecule has 2 amide bonds. The van der Waals surface area contributed by atoms with Gasteiger partial charge in [-0.2, -0.15) is 5.26 Å². The standard InChI is InChI=1S/C22H29N9O3/c1-22(2,3)34-21(33)31-7-5-14(6-8-31)11-26-16-9-17(29-30-19(16)20(32)24-4)28-18-13-25-15(10-23)12-27-18/h9,12-14H,5-8,11H2,1-4H3,(H,24,32)(H2,26,27,28,29). The lowest BCUT2D eigenvalue weighted by atomic mass is 9.97. The molecule has 0 aliphatic carbocycles. The van der Waals surface area contributed by atoms with Crippen LogP contribution in [0.2, 0.25) is 0 Å². The van der Waals surface area contributed by atoms with Gasteiger partial charge in [0.1, 0.15) is 17.5 Å². The zero-order chi connectivity index (χ0) is 24.7. The third-order valence-corrected chi connectivity index (χ3v) is 5.11. The first-order valence-electron chi connectivity index (χ1n) is 11.0. The molecule has 0 bridgehead atoms. The molecular weight excluding hydrogens is 438 g/mol. The normalized spacial score (nSPS) is 14.1. The molecule has 34 heavy (non-hydrogen) atoms. The Morgan fingerprint density at radius 3 is 2.50 bits per heavy atom. The van der Waals surface area contributed by atoms with Crippen molar-refractivity contribution >= 4 is 29.3 Å².